The SMILES string of the molecule is O=C(CC(CCc1ccccc1)c1c[nH]c2ccccc12)NCCc1ccccn1. The quantitative estimate of drug-likeness (QED) is 0.416. The van der Waals surface area contributed by atoms with E-state index in [9.17, 15) is 4.79 Å². The van der Waals surface area contributed by atoms with Crippen LogP contribution in [0.15, 0.2) is 85.2 Å². The van der Waals surface area contributed by atoms with Gasteiger partial charge in [0.25, 0.3) is 0 Å². The fourth-order valence-electron chi connectivity index (χ4n) is 3.96. The summed E-state index contributed by atoms with van der Waals surface area (Å²) in [6.45, 7) is 0.606. The molecule has 1 amide bonds. The number of amides is 1. The lowest BCUT2D eigenvalue weighted by Gasteiger charge is -2.17. The molecule has 0 aliphatic heterocycles. The van der Waals surface area contributed by atoms with Crippen LogP contribution in [0.5, 0.6) is 0 Å². The van der Waals surface area contributed by atoms with E-state index in [4.69, 9.17) is 0 Å². The van der Waals surface area contributed by atoms with Gasteiger partial charge < -0.3 is 10.3 Å². The van der Waals surface area contributed by atoms with Gasteiger partial charge in [-0.3, -0.25) is 9.78 Å². The standard InChI is InChI=1S/C26H27N3O/c30-26(28-17-15-22-10-6-7-16-27-22)18-21(14-13-20-8-2-1-3-9-20)24-19-29-25-12-5-4-11-23(24)25/h1-12,16,19,21,29H,13-15,17-18H2,(H,28,30). The van der Waals surface area contributed by atoms with Crippen LogP contribution in [0.25, 0.3) is 10.9 Å². The molecule has 0 saturated carbocycles. The van der Waals surface area contributed by atoms with Crippen LogP contribution in [0.3, 0.4) is 0 Å². The molecule has 0 bridgehead atoms. The van der Waals surface area contributed by atoms with E-state index in [1.807, 2.05) is 30.3 Å². The highest BCUT2D eigenvalue weighted by Gasteiger charge is 2.19. The van der Waals surface area contributed by atoms with E-state index in [-0.39, 0.29) is 11.8 Å². The number of nitrogens with one attached hydrogen (secondary N) is 2. The van der Waals surface area contributed by atoms with Crippen molar-refractivity contribution in [2.45, 2.75) is 31.6 Å². The zero-order valence-electron chi connectivity index (χ0n) is 17.1. The molecule has 1 unspecified atom stereocenters. The first-order chi connectivity index (χ1) is 14.8. The van der Waals surface area contributed by atoms with Gasteiger partial charge in [-0.1, -0.05) is 54.6 Å². The van der Waals surface area contributed by atoms with Crippen LogP contribution < -0.4 is 5.32 Å². The minimum Gasteiger partial charge on any atom is -0.361 e. The van der Waals surface area contributed by atoms with Crippen molar-refractivity contribution in [2.75, 3.05) is 6.54 Å². The van der Waals surface area contributed by atoms with Crippen molar-refractivity contribution in [1.82, 2.24) is 15.3 Å². The third-order valence-electron chi connectivity index (χ3n) is 5.55. The summed E-state index contributed by atoms with van der Waals surface area (Å²) in [5, 5.41) is 4.29. The Kier molecular flexibility index (Phi) is 6.55. The van der Waals surface area contributed by atoms with E-state index in [1.54, 1.807) is 6.20 Å². The zero-order valence-corrected chi connectivity index (χ0v) is 17.1. The van der Waals surface area contributed by atoms with Gasteiger partial charge in [-0.25, -0.2) is 0 Å². The van der Waals surface area contributed by atoms with Gasteiger partial charge in [0.1, 0.15) is 0 Å². The number of H-pyrrole nitrogens is 1. The summed E-state index contributed by atoms with van der Waals surface area (Å²) in [6.07, 6.45) is 6.96. The maximum Gasteiger partial charge on any atom is 0.220 e. The van der Waals surface area contributed by atoms with Crippen molar-refractivity contribution in [1.29, 1.82) is 0 Å². The van der Waals surface area contributed by atoms with E-state index in [0.29, 0.717) is 13.0 Å². The van der Waals surface area contributed by atoms with Gasteiger partial charge in [0.2, 0.25) is 5.91 Å². The van der Waals surface area contributed by atoms with Crippen LogP contribution in [0.1, 0.15) is 35.6 Å². The normalized spacial score (nSPS) is 12.0. The van der Waals surface area contributed by atoms with Crippen molar-refractivity contribution < 1.29 is 4.79 Å². The number of benzene rings is 2. The van der Waals surface area contributed by atoms with Gasteiger partial charge in [-0.05, 0) is 48.1 Å². The molecule has 2 heterocycles. The van der Waals surface area contributed by atoms with Gasteiger partial charge in [-0.2, -0.15) is 0 Å². The molecule has 0 spiro atoms. The smallest absolute Gasteiger partial charge is 0.220 e. The second kappa shape index (κ2) is 9.88. The molecule has 4 nitrogen and oxygen atoms in total. The van der Waals surface area contributed by atoms with E-state index in [0.717, 1.165) is 30.5 Å². The fourth-order valence-corrected chi connectivity index (χ4v) is 3.96. The monoisotopic (exact) mass is 397 g/mol. The Hall–Kier alpha value is -3.40. The predicted octanol–water partition coefficient (Wildman–Crippen LogP) is 5.03. The van der Waals surface area contributed by atoms with Crippen LogP contribution in [-0.4, -0.2) is 22.4 Å². The number of carbonyl (C=O) groups is 1. The van der Waals surface area contributed by atoms with Crippen molar-refractivity contribution in [3.8, 4) is 0 Å². The molecule has 1 atom stereocenters. The third-order valence-corrected chi connectivity index (χ3v) is 5.55. The largest absolute Gasteiger partial charge is 0.361 e. The van der Waals surface area contributed by atoms with Gasteiger partial charge >= 0.3 is 0 Å². The van der Waals surface area contributed by atoms with Gasteiger partial charge in [0.05, 0.1) is 0 Å². The first-order valence-corrected chi connectivity index (χ1v) is 10.6. The summed E-state index contributed by atoms with van der Waals surface area (Å²) in [4.78, 5) is 20.4. The first kappa shape index (κ1) is 19.9. The molecule has 0 aliphatic carbocycles. The molecule has 0 aliphatic rings. The molecular weight excluding hydrogens is 370 g/mol. The number of pyridine rings is 1. The summed E-state index contributed by atoms with van der Waals surface area (Å²) in [5.41, 5.74) is 4.64. The predicted molar refractivity (Wildman–Crippen MR) is 121 cm³/mol. The summed E-state index contributed by atoms with van der Waals surface area (Å²) >= 11 is 0. The Labute approximate surface area is 177 Å². The number of rotatable bonds is 9. The lowest BCUT2D eigenvalue weighted by molar-refractivity contribution is -0.121. The summed E-state index contributed by atoms with van der Waals surface area (Å²) < 4.78 is 0. The first-order valence-electron chi connectivity index (χ1n) is 10.6. The highest BCUT2D eigenvalue weighted by Crippen LogP contribution is 2.31. The minimum absolute atomic E-state index is 0.0919. The van der Waals surface area contributed by atoms with Crippen molar-refractivity contribution in [2.24, 2.45) is 0 Å². The van der Waals surface area contributed by atoms with Crippen LogP contribution in [0.4, 0.5) is 0 Å². The molecule has 30 heavy (non-hydrogen) atoms. The van der Waals surface area contributed by atoms with Gasteiger partial charge in [0.15, 0.2) is 0 Å². The van der Waals surface area contributed by atoms with Gasteiger partial charge in [-0.15, -0.1) is 0 Å². The topological polar surface area (TPSA) is 57.8 Å². The molecule has 2 aromatic carbocycles. The van der Waals surface area contributed by atoms with Crippen molar-refractivity contribution >= 4 is 16.8 Å². The Morgan fingerprint density at radius 3 is 2.57 bits per heavy atom. The van der Waals surface area contributed by atoms with Crippen molar-refractivity contribution in [3.05, 3.63) is 102 Å². The minimum atomic E-state index is 0.0919. The van der Waals surface area contributed by atoms with Crippen molar-refractivity contribution in [3.63, 3.8) is 0 Å². The maximum absolute atomic E-state index is 12.7. The number of carbonyl (C=O) groups excluding carboxylic acids is 1. The second-order valence-corrected chi connectivity index (χ2v) is 7.64. The lowest BCUT2D eigenvalue weighted by atomic mass is 9.89. The molecule has 152 valence electrons. The Morgan fingerprint density at radius 1 is 0.933 bits per heavy atom. The van der Waals surface area contributed by atoms with Crippen LogP contribution in [0, 0.1) is 0 Å². The third kappa shape index (κ3) is 5.15. The van der Waals surface area contributed by atoms with E-state index < -0.39 is 0 Å². The zero-order chi connectivity index (χ0) is 20.6. The molecule has 0 fully saturated rings. The van der Waals surface area contributed by atoms with E-state index in [2.05, 4.69) is 63.9 Å². The number of nitrogens with zero attached hydrogens (tertiary/aromatic N) is 1. The fraction of sp³-hybridized carbons (Fsp3) is 0.231. The number of aryl methyl sites for hydroxylation is 1. The Bertz CT molecular complexity index is 1070. The average Bonchev–Trinajstić information content (AvgIpc) is 3.22. The van der Waals surface area contributed by atoms with Crippen LogP contribution in [-0.2, 0) is 17.6 Å². The second-order valence-electron chi connectivity index (χ2n) is 7.64. The van der Waals surface area contributed by atoms with Crippen LogP contribution in [0.2, 0.25) is 0 Å². The maximum atomic E-state index is 12.7. The molecule has 0 radical (unpaired) electrons. The number of aromatic amines is 1. The van der Waals surface area contributed by atoms with E-state index in [1.165, 1.54) is 16.5 Å². The lowest BCUT2D eigenvalue weighted by Crippen LogP contribution is -2.27. The van der Waals surface area contributed by atoms with Gasteiger partial charge in [0, 0.05) is 48.4 Å². The number of fused-ring (bicyclic) bond motifs is 1. The van der Waals surface area contributed by atoms with Crippen LogP contribution >= 0.6 is 0 Å². The Morgan fingerprint density at radius 2 is 1.73 bits per heavy atom. The number of para-hydroxylation sites is 1. The highest BCUT2D eigenvalue weighted by molar-refractivity contribution is 5.85. The summed E-state index contributed by atoms with van der Waals surface area (Å²) in [6, 6.07) is 24.7. The molecule has 4 rings (SSSR count). The highest BCUT2D eigenvalue weighted by atomic mass is 16.1. The number of aromatic nitrogens is 2. The molecule has 2 N–H and O–H groups in total. The number of hydrogen-bond acceptors (Lipinski definition) is 2. The summed E-state index contributed by atoms with van der Waals surface area (Å²) in [7, 11) is 0. The van der Waals surface area contributed by atoms with E-state index >= 15 is 0 Å². The molecule has 2 aromatic heterocycles. The Balaban J connectivity index is 1.43. The number of hydrogen-bond donors (Lipinski definition) is 2. The molecular formula is C26H27N3O. The molecule has 4 aromatic rings. The molecule has 4 heteroatoms. The summed E-state index contributed by atoms with van der Waals surface area (Å²) in [5.74, 6) is 0.255. The average molecular weight is 398 g/mol. The molecule has 0 saturated heterocycles.